The molecule has 2 aromatic carbocycles. The van der Waals surface area contributed by atoms with E-state index in [-0.39, 0.29) is 34.2 Å². The Balaban J connectivity index is 2.05. The van der Waals surface area contributed by atoms with Crippen molar-refractivity contribution >= 4 is 44.6 Å². The molecule has 0 saturated heterocycles. The van der Waals surface area contributed by atoms with Crippen molar-refractivity contribution in [3.63, 3.8) is 0 Å². The van der Waals surface area contributed by atoms with E-state index in [1.807, 2.05) is 0 Å². The Bertz CT molecular complexity index is 1360. The minimum atomic E-state index is -0.835. The Labute approximate surface area is 182 Å². The van der Waals surface area contributed by atoms with Crippen LogP contribution in [0.1, 0.15) is 10.5 Å². The second kappa shape index (κ2) is 7.47. The molecule has 0 bridgehead atoms. The molecule has 0 atom stereocenters. The number of aromatic nitrogens is 4. The molecular formula is C19H13BrClN5O4. The molecule has 2 aromatic heterocycles. The second-order valence-electron chi connectivity index (χ2n) is 6.21. The number of phenolic OH excluding ortho intramolecular Hbond substituents is 1. The summed E-state index contributed by atoms with van der Waals surface area (Å²) >= 11 is 9.18. The summed E-state index contributed by atoms with van der Waals surface area (Å²) in [6.45, 7) is 0. The lowest BCUT2D eigenvalue weighted by Crippen LogP contribution is -2.15. The fourth-order valence-corrected chi connectivity index (χ4v) is 3.55. The van der Waals surface area contributed by atoms with Gasteiger partial charge in [-0.2, -0.15) is 0 Å². The van der Waals surface area contributed by atoms with E-state index < -0.39 is 11.6 Å². The van der Waals surface area contributed by atoms with Crippen molar-refractivity contribution in [2.75, 3.05) is 7.11 Å². The number of phenols is 1. The van der Waals surface area contributed by atoms with Gasteiger partial charge in [-0.1, -0.05) is 11.6 Å². The molecule has 30 heavy (non-hydrogen) atoms. The van der Waals surface area contributed by atoms with E-state index in [9.17, 15) is 14.7 Å². The highest BCUT2D eigenvalue weighted by atomic mass is 79.9. The third kappa shape index (κ3) is 3.29. The molecule has 0 saturated carbocycles. The molecule has 0 radical (unpaired) electrons. The van der Waals surface area contributed by atoms with Crippen LogP contribution in [-0.4, -0.2) is 37.6 Å². The third-order valence-electron chi connectivity index (χ3n) is 4.36. The molecule has 0 aliphatic heterocycles. The fraction of sp³-hybridized carbons (Fsp3) is 0.0526. The predicted molar refractivity (Wildman–Crippen MR) is 114 cm³/mol. The molecule has 4 N–H and O–H groups in total. The van der Waals surface area contributed by atoms with Gasteiger partial charge in [-0.15, -0.1) is 0 Å². The van der Waals surface area contributed by atoms with Crippen molar-refractivity contribution in [1.29, 1.82) is 0 Å². The van der Waals surface area contributed by atoms with Crippen molar-refractivity contribution in [3.8, 4) is 28.6 Å². The lowest BCUT2D eigenvalue weighted by molar-refractivity contribution is 0.0997. The predicted octanol–water partition coefficient (Wildman–Crippen LogP) is 3.00. The lowest BCUT2D eigenvalue weighted by atomic mass is 10.1. The third-order valence-corrected chi connectivity index (χ3v) is 5.22. The lowest BCUT2D eigenvalue weighted by Gasteiger charge is -2.10. The molecule has 11 heteroatoms. The highest BCUT2D eigenvalue weighted by Crippen LogP contribution is 2.38. The number of nitrogens with one attached hydrogen (secondary N) is 1. The van der Waals surface area contributed by atoms with Crippen molar-refractivity contribution in [2.45, 2.75) is 0 Å². The van der Waals surface area contributed by atoms with Crippen molar-refractivity contribution < 1.29 is 14.6 Å². The number of benzene rings is 2. The van der Waals surface area contributed by atoms with Gasteiger partial charge in [0, 0.05) is 10.6 Å². The van der Waals surface area contributed by atoms with Crippen LogP contribution in [-0.2, 0) is 0 Å². The van der Waals surface area contributed by atoms with Gasteiger partial charge in [-0.25, -0.2) is 19.3 Å². The zero-order chi connectivity index (χ0) is 21.6. The minimum Gasteiger partial charge on any atom is -0.503 e. The van der Waals surface area contributed by atoms with Crippen LogP contribution in [0.5, 0.6) is 11.5 Å². The van der Waals surface area contributed by atoms with Crippen molar-refractivity contribution in [3.05, 3.63) is 62.1 Å². The molecule has 0 aliphatic rings. The van der Waals surface area contributed by atoms with E-state index in [4.69, 9.17) is 22.1 Å². The maximum Gasteiger partial charge on any atom is 0.332 e. The molecule has 0 unspecified atom stereocenters. The standard InChI is InChI=1S/C19H13BrClN5O4/c1-30-12-7-8(6-11(20)15(12)27)17-23-13(16(22)28)14-18(25-17)26(19(29)24-14)10-4-2-9(21)3-5-10/h2-7,27H,1H3,(H2,22,28)(H,24,29). The monoisotopic (exact) mass is 489 g/mol. The van der Waals surface area contributed by atoms with Gasteiger partial charge in [0.05, 0.1) is 17.3 Å². The summed E-state index contributed by atoms with van der Waals surface area (Å²) < 4.78 is 6.79. The van der Waals surface area contributed by atoms with Gasteiger partial charge < -0.3 is 20.6 Å². The number of halogens is 2. The smallest absolute Gasteiger partial charge is 0.332 e. The van der Waals surface area contributed by atoms with Crippen LogP contribution in [0.25, 0.3) is 28.2 Å². The summed E-state index contributed by atoms with van der Waals surface area (Å²) in [5, 5.41) is 10.6. The number of nitrogens with zero attached hydrogens (tertiary/aromatic N) is 3. The number of ether oxygens (including phenoxy) is 1. The Hall–Kier alpha value is -3.37. The topological polar surface area (TPSA) is 136 Å². The number of aromatic amines is 1. The molecule has 4 aromatic rings. The molecule has 0 spiro atoms. The summed E-state index contributed by atoms with van der Waals surface area (Å²) in [6, 6.07) is 9.60. The Morgan fingerprint density at radius 2 is 1.97 bits per heavy atom. The number of carbonyl (C=O) groups is 1. The molecule has 0 fully saturated rings. The van der Waals surface area contributed by atoms with Gasteiger partial charge >= 0.3 is 5.69 Å². The number of hydrogen-bond donors (Lipinski definition) is 3. The number of methoxy groups -OCH3 is 1. The molecule has 4 rings (SSSR count). The molecule has 1 amide bonds. The molecule has 2 heterocycles. The highest BCUT2D eigenvalue weighted by Gasteiger charge is 2.21. The fourth-order valence-electron chi connectivity index (χ4n) is 2.98. The van der Waals surface area contributed by atoms with E-state index in [0.29, 0.717) is 20.7 Å². The largest absolute Gasteiger partial charge is 0.503 e. The average molecular weight is 491 g/mol. The number of amides is 1. The number of nitrogens with two attached hydrogens (primary N) is 1. The zero-order valence-electron chi connectivity index (χ0n) is 15.3. The first kappa shape index (κ1) is 19.9. The van der Waals surface area contributed by atoms with Crippen LogP contribution < -0.4 is 16.2 Å². The number of imidazole rings is 1. The Morgan fingerprint density at radius 3 is 2.60 bits per heavy atom. The van der Waals surface area contributed by atoms with E-state index in [2.05, 4.69) is 30.9 Å². The van der Waals surface area contributed by atoms with Crippen molar-refractivity contribution in [2.24, 2.45) is 5.73 Å². The summed E-state index contributed by atoms with van der Waals surface area (Å²) in [7, 11) is 1.40. The minimum absolute atomic E-state index is 0.0998. The molecule has 9 nitrogen and oxygen atoms in total. The zero-order valence-corrected chi connectivity index (χ0v) is 17.7. The maximum atomic E-state index is 12.6. The van der Waals surface area contributed by atoms with E-state index in [1.54, 1.807) is 30.3 Å². The average Bonchev–Trinajstić information content (AvgIpc) is 3.05. The normalized spacial score (nSPS) is 11.0. The van der Waals surface area contributed by atoms with E-state index >= 15 is 0 Å². The van der Waals surface area contributed by atoms with Crippen LogP contribution in [0.4, 0.5) is 0 Å². The van der Waals surface area contributed by atoms with Gasteiger partial charge in [0.15, 0.2) is 28.7 Å². The first-order chi connectivity index (χ1) is 14.3. The van der Waals surface area contributed by atoms with Crippen molar-refractivity contribution in [1.82, 2.24) is 19.5 Å². The van der Waals surface area contributed by atoms with E-state index in [0.717, 1.165) is 0 Å². The van der Waals surface area contributed by atoms with Gasteiger partial charge in [0.2, 0.25) is 0 Å². The highest BCUT2D eigenvalue weighted by molar-refractivity contribution is 9.10. The first-order valence-electron chi connectivity index (χ1n) is 8.45. The number of fused-ring (bicyclic) bond motifs is 1. The number of carbonyl (C=O) groups excluding carboxylic acids is 1. The number of hydrogen-bond acceptors (Lipinski definition) is 6. The van der Waals surface area contributed by atoms with Crippen LogP contribution in [0.15, 0.2) is 45.7 Å². The van der Waals surface area contributed by atoms with Crippen LogP contribution >= 0.6 is 27.5 Å². The van der Waals surface area contributed by atoms with Crippen LogP contribution in [0.2, 0.25) is 5.02 Å². The second-order valence-corrected chi connectivity index (χ2v) is 7.50. The molecule has 0 aliphatic carbocycles. The van der Waals surface area contributed by atoms with Gasteiger partial charge in [0.25, 0.3) is 5.91 Å². The number of aromatic hydroxyl groups is 1. The SMILES string of the molecule is COc1cc(-c2nc(C(N)=O)c3[nH]c(=O)n(-c4ccc(Cl)cc4)c3n2)cc(Br)c1O. The van der Waals surface area contributed by atoms with Gasteiger partial charge in [-0.3, -0.25) is 4.79 Å². The number of primary amides is 1. The first-order valence-corrected chi connectivity index (χ1v) is 9.62. The Morgan fingerprint density at radius 1 is 1.27 bits per heavy atom. The Kier molecular flexibility index (Phi) is 4.96. The van der Waals surface area contributed by atoms with Crippen LogP contribution in [0.3, 0.4) is 0 Å². The van der Waals surface area contributed by atoms with Crippen LogP contribution in [0, 0.1) is 0 Å². The van der Waals surface area contributed by atoms with Gasteiger partial charge in [-0.05, 0) is 52.3 Å². The summed E-state index contributed by atoms with van der Waals surface area (Å²) in [6.07, 6.45) is 0. The number of rotatable bonds is 4. The molecule has 152 valence electrons. The van der Waals surface area contributed by atoms with Gasteiger partial charge in [0.1, 0.15) is 5.52 Å². The summed E-state index contributed by atoms with van der Waals surface area (Å²) in [5.41, 5.74) is 6.01. The summed E-state index contributed by atoms with van der Waals surface area (Å²) in [5.74, 6) is -0.653. The quantitative estimate of drug-likeness (QED) is 0.402. The van der Waals surface area contributed by atoms with E-state index in [1.165, 1.54) is 17.7 Å². The number of H-pyrrole nitrogens is 1. The maximum absolute atomic E-state index is 12.6. The molecular weight excluding hydrogens is 478 g/mol. The summed E-state index contributed by atoms with van der Waals surface area (Å²) in [4.78, 5) is 36.0.